The molecular formula is C11H9F2N3. The normalized spacial score (nSPS) is 11.6. The number of H-pyrrole nitrogens is 1. The second kappa shape index (κ2) is 3.89. The number of benzene rings is 1. The standard InChI is InChI=1S/C11H9F2N3/c12-11(13,4-1-5-14)8-2-3-9-10(6-8)16-7-15-9/h2-3,6-7H,1,4H2,(H,15,16). The minimum absolute atomic E-state index is 0.0838. The Morgan fingerprint density at radius 3 is 3.00 bits per heavy atom. The molecule has 1 aromatic carbocycles. The number of hydrogen-bond donors (Lipinski definition) is 1. The van der Waals surface area contributed by atoms with Crippen molar-refractivity contribution in [2.24, 2.45) is 0 Å². The molecule has 5 heteroatoms. The molecule has 0 aliphatic heterocycles. The largest absolute Gasteiger partial charge is 0.345 e. The SMILES string of the molecule is N#CCCC(F)(F)c1ccc2nc[nH]c2c1. The van der Waals surface area contributed by atoms with E-state index < -0.39 is 12.3 Å². The zero-order valence-corrected chi connectivity index (χ0v) is 8.37. The van der Waals surface area contributed by atoms with Gasteiger partial charge in [-0.2, -0.15) is 5.26 Å². The van der Waals surface area contributed by atoms with E-state index >= 15 is 0 Å². The maximum absolute atomic E-state index is 13.6. The number of aromatic nitrogens is 2. The Morgan fingerprint density at radius 2 is 2.25 bits per heavy atom. The van der Waals surface area contributed by atoms with Crippen molar-refractivity contribution in [3.8, 4) is 6.07 Å². The van der Waals surface area contributed by atoms with Gasteiger partial charge in [0.05, 0.1) is 23.4 Å². The Kier molecular flexibility index (Phi) is 2.57. The van der Waals surface area contributed by atoms with Crippen LogP contribution in [0.3, 0.4) is 0 Å². The molecule has 0 atom stereocenters. The van der Waals surface area contributed by atoms with Crippen LogP contribution in [0.25, 0.3) is 11.0 Å². The van der Waals surface area contributed by atoms with Crippen LogP contribution < -0.4 is 0 Å². The number of aromatic amines is 1. The maximum Gasteiger partial charge on any atom is 0.274 e. The maximum atomic E-state index is 13.6. The Labute approximate surface area is 90.7 Å². The minimum atomic E-state index is -2.96. The van der Waals surface area contributed by atoms with Gasteiger partial charge in [0.2, 0.25) is 0 Å². The molecule has 0 aliphatic carbocycles. The van der Waals surface area contributed by atoms with E-state index in [0.29, 0.717) is 11.0 Å². The molecular weight excluding hydrogens is 212 g/mol. The monoisotopic (exact) mass is 221 g/mol. The van der Waals surface area contributed by atoms with Crippen LogP contribution >= 0.6 is 0 Å². The van der Waals surface area contributed by atoms with Gasteiger partial charge in [-0.05, 0) is 12.1 Å². The van der Waals surface area contributed by atoms with Crippen LogP contribution in [0.2, 0.25) is 0 Å². The molecule has 1 aromatic heterocycles. The molecule has 0 aliphatic rings. The molecule has 1 N–H and O–H groups in total. The number of nitrogens with one attached hydrogen (secondary N) is 1. The van der Waals surface area contributed by atoms with Gasteiger partial charge in [0.25, 0.3) is 5.92 Å². The van der Waals surface area contributed by atoms with Crippen molar-refractivity contribution in [1.29, 1.82) is 5.26 Å². The second-order valence-corrected chi connectivity index (χ2v) is 3.50. The lowest BCUT2D eigenvalue weighted by atomic mass is 10.0. The summed E-state index contributed by atoms with van der Waals surface area (Å²) in [4.78, 5) is 6.73. The summed E-state index contributed by atoms with van der Waals surface area (Å²) in [6, 6.07) is 5.99. The van der Waals surface area contributed by atoms with Crippen molar-refractivity contribution in [3.63, 3.8) is 0 Å². The van der Waals surface area contributed by atoms with Gasteiger partial charge in [0.1, 0.15) is 0 Å². The summed E-state index contributed by atoms with van der Waals surface area (Å²) in [6.07, 6.45) is 0.846. The summed E-state index contributed by atoms with van der Waals surface area (Å²) in [6.45, 7) is 0. The minimum Gasteiger partial charge on any atom is -0.345 e. The number of nitriles is 1. The van der Waals surface area contributed by atoms with Crippen LogP contribution in [0.15, 0.2) is 24.5 Å². The first-order chi connectivity index (χ1) is 7.63. The van der Waals surface area contributed by atoms with E-state index in [-0.39, 0.29) is 12.0 Å². The van der Waals surface area contributed by atoms with E-state index in [9.17, 15) is 8.78 Å². The third-order valence-electron chi connectivity index (χ3n) is 2.39. The van der Waals surface area contributed by atoms with Crippen LogP contribution in [0.1, 0.15) is 18.4 Å². The van der Waals surface area contributed by atoms with Gasteiger partial charge >= 0.3 is 0 Å². The highest BCUT2D eigenvalue weighted by molar-refractivity contribution is 5.75. The van der Waals surface area contributed by atoms with Crippen molar-refractivity contribution in [2.45, 2.75) is 18.8 Å². The van der Waals surface area contributed by atoms with Crippen LogP contribution in [0.5, 0.6) is 0 Å². The number of imidazole rings is 1. The second-order valence-electron chi connectivity index (χ2n) is 3.50. The van der Waals surface area contributed by atoms with Gasteiger partial charge in [-0.1, -0.05) is 6.07 Å². The van der Waals surface area contributed by atoms with Gasteiger partial charge in [-0.25, -0.2) is 13.8 Å². The number of fused-ring (bicyclic) bond motifs is 1. The molecule has 0 spiro atoms. The topological polar surface area (TPSA) is 52.5 Å². The molecule has 2 aromatic rings. The Hall–Kier alpha value is -1.96. The van der Waals surface area contributed by atoms with Gasteiger partial charge < -0.3 is 4.98 Å². The van der Waals surface area contributed by atoms with E-state index in [1.165, 1.54) is 18.5 Å². The highest BCUT2D eigenvalue weighted by atomic mass is 19.3. The quantitative estimate of drug-likeness (QED) is 0.866. The lowest BCUT2D eigenvalue weighted by Gasteiger charge is -2.14. The molecule has 0 saturated carbocycles. The van der Waals surface area contributed by atoms with Crippen molar-refractivity contribution in [1.82, 2.24) is 9.97 Å². The van der Waals surface area contributed by atoms with Gasteiger partial charge in [-0.15, -0.1) is 0 Å². The summed E-state index contributed by atoms with van der Waals surface area (Å²) in [7, 11) is 0. The average Bonchev–Trinajstić information content (AvgIpc) is 2.73. The fraction of sp³-hybridized carbons (Fsp3) is 0.273. The summed E-state index contributed by atoms with van der Waals surface area (Å²) in [5, 5.41) is 8.32. The lowest BCUT2D eigenvalue weighted by molar-refractivity contribution is -0.0118. The predicted molar refractivity (Wildman–Crippen MR) is 54.8 cm³/mol. The van der Waals surface area contributed by atoms with Crippen molar-refractivity contribution in [2.75, 3.05) is 0 Å². The first-order valence-electron chi connectivity index (χ1n) is 4.82. The number of hydrogen-bond acceptors (Lipinski definition) is 2. The average molecular weight is 221 g/mol. The highest BCUT2D eigenvalue weighted by Gasteiger charge is 2.31. The number of rotatable bonds is 3. The number of halogens is 2. The number of alkyl halides is 2. The molecule has 2 rings (SSSR count). The van der Waals surface area contributed by atoms with Crippen LogP contribution in [-0.2, 0) is 5.92 Å². The zero-order chi connectivity index (χ0) is 11.6. The molecule has 0 saturated heterocycles. The van der Waals surface area contributed by atoms with Crippen molar-refractivity contribution < 1.29 is 8.78 Å². The molecule has 0 fully saturated rings. The van der Waals surface area contributed by atoms with Gasteiger partial charge in [-0.3, -0.25) is 0 Å². The molecule has 0 amide bonds. The van der Waals surface area contributed by atoms with E-state index in [1.54, 1.807) is 12.1 Å². The third-order valence-corrected chi connectivity index (χ3v) is 2.39. The highest BCUT2D eigenvalue weighted by Crippen LogP contribution is 2.33. The Morgan fingerprint density at radius 1 is 1.44 bits per heavy atom. The van der Waals surface area contributed by atoms with E-state index in [2.05, 4.69) is 9.97 Å². The lowest BCUT2D eigenvalue weighted by Crippen LogP contribution is -2.12. The van der Waals surface area contributed by atoms with E-state index in [0.717, 1.165) is 0 Å². The molecule has 82 valence electrons. The summed E-state index contributed by atoms with van der Waals surface area (Å²) in [5.74, 6) is -2.96. The zero-order valence-electron chi connectivity index (χ0n) is 8.37. The van der Waals surface area contributed by atoms with Gasteiger partial charge in [0.15, 0.2) is 0 Å². The molecule has 16 heavy (non-hydrogen) atoms. The summed E-state index contributed by atoms with van der Waals surface area (Å²) >= 11 is 0. The fourth-order valence-corrected chi connectivity index (χ4v) is 1.52. The predicted octanol–water partition coefficient (Wildman–Crippen LogP) is 2.96. The van der Waals surface area contributed by atoms with E-state index in [4.69, 9.17) is 5.26 Å². The summed E-state index contributed by atoms with van der Waals surface area (Å²) < 4.78 is 27.2. The number of nitrogens with zero attached hydrogens (tertiary/aromatic N) is 2. The smallest absolute Gasteiger partial charge is 0.274 e. The first-order valence-corrected chi connectivity index (χ1v) is 4.82. The Balaban J connectivity index is 2.35. The first kappa shape index (κ1) is 10.6. The fourth-order valence-electron chi connectivity index (χ4n) is 1.52. The molecule has 1 heterocycles. The molecule has 0 bridgehead atoms. The van der Waals surface area contributed by atoms with Crippen molar-refractivity contribution >= 4 is 11.0 Å². The Bertz CT molecular complexity index is 539. The third kappa shape index (κ3) is 1.87. The van der Waals surface area contributed by atoms with E-state index in [1.807, 2.05) is 0 Å². The molecule has 0 radical (unpaired) electrons. The summed E-state index contributed by atoms with van der Waals surface area (Å²) in [5.41, 5.74) is 1.15. The van der Waals surface area contributed by atoms with Crippen LogP contribution in [0, 0.1) is 11.3 Å². The van der Waals surface area contributed by atoms with Crippen LogP contribution in [-0.4, -0.2) is 9.97 Å². The molecule has 0 unspecified atom stereocenters. The molecule has 3 nitrogen and oxygen atoms in total. The van der Waals surface area contributed by atoms with Crippen molar-refractivity contribution in [3.05, 3.63) is 30.1 Å². The van der Waals surface area contributed by atoms with Crippen LogP contribution in [0.4, 0.5) is 8.78 Å². The van der Waals surface area contributed by atoms with Gasteiger partial charge in [0, 0.05) is 18.4 Å².